The minimum atomic E-state index is 0.211. The fraction of sp³-hybridized carbons (Fsp3) is 0.562. The molecule has 2 aliphatic rings. The zero-order chi connectivity index (χ0) is 13.4. The molecule has 3 rings (SSSR count). The van der Waals surface area contributed by atoms with E-state index in [0.717, 1.165) is 28.5 Å². The van der Waals surface area contributed by atoms with Crippen molar-refractivity contribution in [1.29, 1.82) is 0 Å². The Kier molecular flexibility index (Phi) is 3.57. The summed E-state index contributed by atoms with van der Waals surface area (Å²) in [7, 11) is 0. The maximum atomic E-state index is 12.8. The van der Waals surface area contributed by atoms with Gasteiger partial charge in [0.2, 0.25) is 0 Å². The van der Waals surface area contributed by atoms with E-state index in [9.17, 15) is 4.79 Å². The van der Waals surface area contributed by atoms with Crippen molar-refractivity contribution >= 4 is 18.5 Å². The number of fused-ring (bicyclic) bond motifs is 1. The van der Waals surface area contributed by atoms with E-state index in [1.807, 2.05) is 25.1 Å². The molecule has 0 radical (unpaired) electrons. The van der Waals surface area contributed by atoms with Crippen molar-refractivity contribution in [3.63, 3.8) is 0 Å². The molecule has 2 fully saturated rings. The molecule has 1 heterocycles. The Morgan fingerprint density at radius 2 is 2.05 bits per heavy atom. The predicted octanol–water partition coefficient (Wildman–Crippen LogP) is 3.69. The molecule has 19 heavy (non-hydrogen) atoms. The van der Waals surface area contributed by atoms with Crippen LogP contribution in [0.3, 0.4) is 0 Å². The van der Waals surface area contributed by atoms with Gasteiger partial charge in [0.25, 0.3) is 5.91 Å². The summed E-state index contributed by atoms with van der Waals surface area (Å²) in [5.74, 6) is 0.958. The molecule has 0 bridgehead atoms. The summed E-state index contributed by atoms with van der Waals surface area (Å²) >= 11 is 4.36. The summed E-state index contributed by atoms with van der Waals surface area (Å²) in [6.07, 6.45) is 6.30. The molecule has 1 amide bonds. The second-order valence-electron chi connectivity index (χ2n) is 5.90. The van der Waals surface area contributed by atoms with Crippen LogP contribution in [-0.4, -0.2) is 23.4 Å². The number of carbonyl (C=O) groups excluding carboxylic acids is 1. The molecule has 1 aromatic rings. The van der Waals surface area contributed by atoms with Gasteiger partial charge in [-0.2, -0.15) is 0 Å². The Morgan fingerprint density at radius 3 is 2.89 bits per heavy atom. The average Bonchev–Trinajstić information content (AvgIpc) is 2.84. The molecule has 1 saturated carbocycles. The third-order valence-corrected chi connectivity index (χ3v) is 5.00. The Labute approximate surface area is 120 Å². The third-order valence-electron chi connectivity index (χ3n) is 4.72. The maximum Gasteiger partial charge on any atom is 0.254 e. The maximum absolute atomic E-state index is 12.8. The van der Waals surface area contributed by atoms with E-state index >= 15 is 0 Å². The zero-order valence-electron chi connectivity index (χ0n) is 11.4. The molecule has 1 aliphatic carbocycles. The molecule has 1 aliphatic heterocycles. The summed E-state index contributed by atoms with van der Waals surface area (Å²) in [6, 6.07) is 6.34. The van der Waals surface area contributed by atoms with E-state index < -0.39 is 0 Å². The normalized spacial score (nSPS) is 26.3. The van der Waals surface area contributed by atoms with Gasteiger partial charge in [0.1, 0.15) is 0 Å². The third kappa shape index (κ3) is 2.40. The van der Waals surface area contributed by atoms with Gasteiger partial charge in [-0.05, 0) is 49.8 Å². The van der Waals surface area contributed by atoms with Crippen LogP contribution in [-0.2, 0) is 0 Å². The summed E-state index contributed by atoms with van der Waals surface area (Å²) in [4.78, 5) is 15.8. The van der Waals surface area contributed by atoms with E-state index in [0.29, 0.717) is 6.04 Å². The Balaban J connectivity index is 1.85. The van der Waals surface area contributed by atoms with E-state index in [-0.39, 0.29) is 5.91 Å². The van der Waals surface area contributed by atoms with Crippen molar-refractivity contribution in [1.82, 2.24) is 4.90 Å². The van der Waals surface area contributed by atoms with E-state index in [4.69, 9.17) is 0 Å². The molecule has 0 spiro atoms. The Morgan fingerprint density at radius 1 is 1.26 bits per heavy atom. The number of rotatable bonds is 1. The highest BCUT2D eigenvalue weighted by Crippen LogP contribution is 2.37. The van der Waals surface area contributed by atoms with Gasteiger partial charge in [0.15, 0.2) is 0 Å². The van der Waals surface area contributed by atoms with E-state index in [2.05, 4.69) is 17.5 Å². The van der Waals surface area contributed by atoms with Gasteiger partial charge in [-0.25, -0.2) is 0 Å². The average molecular weight is 275 g/mol. The molecule has 1 aromatic carbocycles. The molecule has 3 heteroatoms. The summed E-state index contributed by atoms with van der Waals surface area (Å²) in [5, 5.41) is 0. The number of thiol groups is 1. The van der Waals surface area contributed by atoms with Gasteiger partial charge in [0, 0.05) is 23.0 Å². The highest BCUT2D eigenvalue weighted by Gasteiger charge is 2.38. The van der Waals surface area contributed by atoms with Gasteiger partial charge < -0.3 is 4.90 Å². The quantitative estimate of drug-likeness (QED) is 0.775. The second-order valence-corrected chi connectivity index (χ2v) is 6.41. The number of amides is 1. The van der Waals surface area contributed by atoms with Gasteiger partial charge in [-0.15, -0.1) is 12.6 Å². The summed E-state index contributed by atoms with van der Waals surface area (Å²) in [5.41, 5.74) is 1.89. The predicted molar refractivity (Wildman–Crippen MR) is 79.8 cm³/mol. The largest absolute Gasteiger partial charge is 0.335 e. The van der Waals surface area contributed by atoms with Crippen molar-refractivity contribution in [2.24, 2.45) is 5.92 Å². The van der Waals surface area contributed by atoms with Gasteiger partial charge >= 0.3 is 0 Å². The van der Waals surface area contributed by atoms with Crippen LogP contribution in [0.25, 0.3) is 0 Å². The first-order valence-corrected chi connectivity index (χ1v) is 7.72. The van der Waals surface area contributed by atoms with Crippen molar-refractivity contribution in [3.05, 3.63) is 29.3 Å². The molecular weight excluding hydrogens is 254 g/mol. The van der Waals surface area contributed by atoms with E-state index in [1.54, 1.807) is 0 Å². The minimum absolute atomic E-state index is 0.211. The number of aryl methyl sites for hydroxylation is 1. The molecule has 2 atom stereocenters. The molecule has 0 N–H and O–H groups in total. The van der Waals surface area contributed by atoms with Crippen LogP contribution in [0.15, 0.2) is 23.1 Å². The first-order chi connectivity index (χ1) is 9.16. The van der Waals surface area contributed by atoms with Crippen molar-refractivity contribution < 1.29 is 4.79 Å². The van der Waals surface area contributed by atoms with Gasteiger partial charge in [-0.1, -0.05) is 18.9 Å². The number of benzene rings is 1. The molecular formula is C16H21NOS. The molecule has 2 nitrogen and oxygen atoms in total. The fourth-order valence-corrected chi connectivity index (χ4v) is 3.86. The number of nitrogens with zero attached hydrogens (tertiary/aromatic N) is 1. The fourth-order valence-electron chi connectivity index (χ4n) is 3.65. The van der Waals surface area contributed by atoms with Gasteiger partial charge in [-0.3, -0.25) is 4.79 Å². The lowest BCUT2D eigenvalue weighted by Crippen LogP contribution is -2.39. The van der Waals surface area contributed by atoms with Gasteiger partial charge in [0.05, 0.1) is 0 Å². The lowest BCUT2D eigenvalue weighted by Gasteiger charge is -2.32. The van der Waals surface area contributed by atoms with Crippen LogP contribution in [0, 0.1) is 12.8 Å². The number of hydrogen-bond donors (Lipinski definition) is 1. The Bertz CT molecular complexity index is 500. The molecule has 1 saturated heterocycles. The van der Waals surface area contributed by atoms with Crippen LogP contribution in [0.4, 0.5) is 0 Å². The standard InChI is InChI=1S/C16H21NOS/c1-11-6-7-13(19)10-14(11)16(18)17-9-8-12-4-2-3-5-15(12)17/h6-7,10,12,15,19H,2-5,8-9H2,1H3. The first kappa shape index (κ1) is 13.0. The lowest BCUT2D eigenvalue weighted by molar-refractivity contribution is 0.0689. The van der Waals surface area contributed by atoms with Crippen LogP contribution in [0.5, 0.6) is 0 Å². The van der Waals surface area contributed by atoms with Crippen molar-refractivity contribution in [2.45, 2.75) is 50.0 Å². The smallest absolute Gasteiger partial charge is 0.254 e. The molecule has 102 valence electrons. The molecule has 2 unspecified atom stereocenters. The molecule has 0 aromatic heterocycles. The summed E-state index contributed by atoms with van der Waals surface area (Å²) in [6.45, 7) is 2.94. The highest BCUT2D eigenvalue weighted by atomic mass is 32.1. The van der Waals surface area contributed by atoms with Crippen LogP contribution < -0.4 is 0 Å². The Hall–Kier alpha value is -0.960. The van der Waals surface area contributed by atoms with E-state index in [1.165, 1.54) is 32.1 Å². The zero-order valence-corrected chi connectivity index (χ0v) is 12.3. The lowest BCUT2D eigenvalue weighted by atomic mass is 9.85. The highest BCUT2D eigenvalue weighted by molar-refractivity contribution is 7.80. The summed E-state index contributed by atoms with van der Waals surface area (Å²) < 4.78 is 0. The van der Waals surface area contributed by atoms with Crippen molar-refractivity contribution in [3.8, 4) is 0 Å². The SMILES string of the molecule is Cc1ccc(S)cc1C(=O)N1CCC2CCCCC21. The van der Waals surface area contributed by atoms with Crippen molar-refractivity contribution in [2.75, 3.05) is 6.54 Å². The van der Waals surface area contributed by atoms with Crippen LogP contribution in [0.1, 0.15) is 48.0 Å². The first-order valence-electron chi connectivity index (χ1n) is 7.27. The van der Waals surface area contributed by atoms with Crippen LogP contribution in [0.2, 0.25) is 0 Å². The number of hydrogen-bond acceptors (Lipinski definition) is 2. The van der Waals surface area contributed by atoms with Crippen LogP contribution >= 0.6 is 12.6 Å². The monoisotopic (exact) mass is 275 g/mol. The topological polar surface area (TPSA) is 20.3 Å². The number of carbonyl (C=O) groups is 1. The second kappa shape index (κ2) is 5.20. The number of likely N-dealkylation sites (tertiary alicyclic amines) is 1. The minimum Gasteiger partial charge on any atom is -0.335 e.